The van der Waals surface area contributed by atoms with E-state index in [1.165, 1.54) is 225 Å². The molecule has 0 aromatic rings. The Bertz CT molecular complexity index is 1870. The molecule has 0 radical (unpaired) electrons. The lowest BCUT2D eigenvalue weighted by molar-refractivity contribution is -0.161. The SMILES string of the molecule is CCCCCCCCCCCCCCCCCCCCC(=O)OC[C@H](COP(=O)(O)OC[C@@H](O)COP(=O)(O)OC[C@@H](COC(=O)CCCCCCCCCCCC)OC(=O)CCCCCCCCCC(C)C)OC(=O)CCCCCCCCCCCCCCCCCCC(C)C. The van der Waals surface area contributed by atoms with E-state index in [0.29, 0.717) is 31.6 Å². The molecule has 5 atom stereocenters. The highest BCUT2D eigenvalue weighted by Gasteiger charge is 2.30. The number of phosphoric ester groups is 2. The van der Waals surface area contributed by atoms with Crippen LogP contribution in [-0.4, -0.2) is 96.7 Å². The molecule has 0 aliphatic carbocycles. The summed E-state index contributed by atoms with van der Waals surface area (Å²) >= 11 is 0. The van der Waals surface area contributed by atoms with Crippen molar-refractivity contribution in [3.05, 3.63) is 0 Å². The van der Waals surface area contributed by atoms with Gasteiger partial charge in [0.2, 0.25) is 0 Å². The first kappa shape index (κ1) is 95.1. The molecule has 0 heterocycles. The van der Waals surface area contributed by atoms with Gasteiger partial charge >= 0.3 is 39.5 Å². The van der Waals surface area contributed by atoms with Crippen LogP contribution in [0.1, 0.15) is 408 Å². The Kier molecular flexibility index (Phi) is 68.4. The maximum absolute atomic E-state index is 13.1. The fourth-order valence-electron chi connectivity index (χ4n) is 12.0. The van der Waals surface area contributed by atoms with Crippen molar-refractivity contribution < 1.29 is 80.2 Å². The number of carbonyl (C=O) groups is 4. The summed E-state index contributed by atoms with van der Waals surface area (Å²) in [6.45, 7) is 9.57. The molecular formula is C78H152O17P2. The summed E-state index contributed by atoms with van der Waals surface area (Å²) in [5.41, 5.74) is 0. The molecule has 2 unspecified atom stereocenters. The molecule has 0 aliphatic heterocycles. The van der Waals surface area contributed by atoms with Crippen LogP contribution in [0.4, 0.5) is 0 Å². The van der Waals surface area contributed by atoms with Crippen molar-refractivity contribution >= 4 is 39.5 Å². The molecule has 0 saturated heterocycles. The Balaban J connectivity index is 5.20. The summed E-state index contributed by atoms with van der Waals surface area (Å²) < 4.78 is 68.5. The third-order valence-corrected chi connectivity index (χ3v) is 20.1. The molecule has 0 bridgehead atoms. The second-order valence-corrected chi connectivity index (χ2v) is 32.0. The Morgan fingerprint density at radius 2 is 0.474 bits per heavy atom. The first-order valence-electron chi connectivity index (χ1n) is 40.5. The summed E-state index contributed by atoms with van der Waals surface area (Å²) in [4.78, 5) is 72.8. The zero-order valence-corrected chi connectivity index (χ0v) is 65.2. The van der Waals surface area contributed by atoms with E-state index in [1.807, 2.05) is 0 Å². The number of hydrogen-bond donors (Lipinski definition) is 3. The van der Waals surface area contributed by atoms with Gasteiger partial charge in [0.05, 0.1) is 26.4 Å². The van der Waals surface area contributed by atoms with Crippen LogP contribution in [0.5, 0.6) is 0 Å². The van der Waals surface area contributed by atoms with E-state index >= 15 is 0 Å². The van der Waals surface area contributed by atoms with E-state index < -0.39 is 97.5 Å². The maximum atomic E-state index is 13.1. The zero-order valence-electron chi connectivity index (χ0n) is 63.4. The third kappa shape index (κ3) is 72.2. The van der Waals surface area contributed by atoms with Gasteiger partial charge in [0.25, 0.3) is 0 Å². The van der Waals surface area contributed by atoms with E-state index in [4.69, 9.17) is 37.0 Å². The van der Waals surface area contributed by atoms with Gasteiger partial charge in [0.1, 0.15) is 19.3 Å². The van der Waals surface area contributed by atoms with E-state index in [9.17, 15) is 43.2 Å². The molecule has 0 aromatic carbocycles. The van der Waals surface area contributed by atoms with Gasteiger partial charge < -0.3 is 33.8 Å². The van der Waals surface area contributed by atoms with E-state index in [2.05, 4.69) is 41.5 Å². The second-order valence-electron chi connectivity index (χ2n) is 29.1. The molecule has 3 N–H and O–H groups in total. The van der Waals surface area contributed by atoms with E-state index in [1.54, 1.807) is 0 Å². The highest BCUT2D eigenvalue weighted by molar-refractivity contribution is 7.47. The predicted molar refractivity (Wildman–Crippen MR) is 395 cm³/mol. The summed E-state index contributed by atoms with van der Waals surface area (Å²) in [5.74, 6) is -0.610. The lowest BCUT2D eigenvalue weighted by Gasteiger charge is -2.21. The first-order valence-corrected chi connectivity index (χ1v) is 43.5. The molecule has 0 amide bonds. The van der Waals surface area contributed by atoms with Crippen LogP contribution in [0.15, 0.2) is 0 Å². The van der Waals surface area contributed by atoms with Crippen molar-refractivity contribution in [1.29, 1.82) is 0 Å². The minimum atomic E-state index is -4.96. The van der Waals surface area contributed by atoms with Crippen molar-refractivity contribution in [2.45, 2.75) is 426 Å². The van der Waals surface area contributed by atoms with Crippen molar-refractivity contribution in [3.8, 4) is 0 Å². The first-order chi connectivity index (χ1) is 46.9. The van der Waals surface area contributed by atoms with Crippen LogP contribution in [0.3, 0.4) is 0 Å². The number of esters is 4. The van der Waals surface area contributed by atoms with Crippen LogP contribution in [-0.2, 0) is 65.4 Å². The molecule has 19 heteroatoms. The number of aliphatic hydroxyl groups excluding tert-OH is 1. The molecule has 0 saturated carbocycles. The molecular weight excluding hydrogens is 1270 g/mol. The van der Waals surface area contributed by atoms with Crippen LogP contribution in [0.2, 0.25) is 0 Å². The highest BCUT2D eigenvalue weighted by Crippen LogP contribution is 2.45. The van der Waals surface area contributed by atoms with Crippen molar-refractivity contribution in [2.24, 2.45) is 11.8 Å². The van der Waals surface area contributed by atoms with Gasteiger partial charge in [-0.25, -0.2) is 9.13 Å². The number of ether oxygens (including phenoxy) is 4. The number of rotatable bonds is 77. The van der Waals surface area contributed by atoms with Crippen LogP contribution >= 0.6 is 15.6 Å². The molecule has 0 fully saturated rings. The van der Waals surface area contributed by atoms with Gasteiger partial charge in [-0.1, -0.05) is 356 Å². The summed E-state index contributed by atoms with van der Waals surface area (Å²) in [6, 6.07) is 0. The molecule has 0 spiro atoms. The number of phosphoric acid groups is 2. The van der Waals surface area contributed by atoms with Gasteiger partial charge in [-0.15, -0.1) is 0 Å². The normalized spacial score (nSPS) is 14.0. The number of unbranched alkanes of at least 4 members (excludes halogenated alkanes) is 47. The molecule has 0 rings (SSSR count). The second kappa shape index (κ2) is 69.8. The van der Waals surface area contributed by atoms with Gasteiger partial charge in [0.15, 0.2) is 12.2 Å². The average Bonchev–Trinajstić information content (AvgIpc) is 1.21. The van der Waals surface area contributed by atoms with Gasteiger partial charge in [-0.05, 0) is 37.5 Å². The predicted octanol–water partition coefficient (Wildman–Crippen LogP) is 23.1. The van der Waals surface area contributed by atoms with Gasteiger partial charge in [0, 0.05) is 25.7 Å². The Labute approximate surface area is 594 Å². The average molecular weight is 1420 g/mol. The minimum Gasteiger partial charge on any atom is -0.462 e. The van der Waals surface area contributed by atoms with Gasteiger partial charge in [-0.2, -0.15) is 0 Å². The molecule has 97 heavy (non-hydrogen) atoms. The Morgan fingerprint density at radius 3 is 0.701 bits per heavy atom. The minimum absolute atomic E-state index is 0.104. The van der Waals surface area contributed by atoms with E-state index in [0.717, 1.165) is 95.8 Å². The van der Waals surface area contributed by atoms with E-state index in [-0.39, 0.29) is 25.7 Å². The quantitative estimate of drug-likeness (QED) is 0.0222. The molecule has 0 aliphatic rings. The summed E-state index contributed by atoms with van der Waals surface area (Å²) in [6.07, 6.45) is 58.4. The van der Waals surface area contributed by atoms with Crippen molar-refractivity contribution in [2.75, 3.05) is 39.6 Å². The molecule has 576 valence electrons. The standard InChI is InChI=1S/C78H152O17P2/c1-7-9-11-13-15-17-19-20-21-22-23-27-30-33-37-43-49-55-61-76(81)89-66-73(94-77(82)62-56-50-44-38-34-31-28-25-24-26-29-32-35-40-46-52-58-70(3)4)68-92-96(84,85)90-64-72(79)65-91-97(86,87)93-69-74(95-78(83)63-57-51-45-39-41-47-53-59-71(5)6)67-88-75(80)60-54-48-42-36-18-16-14-12-10-8-2/h70-74,79H,7-69H2,1-6H3,(H,84,85)(H,86,87)/t72-,73-,74-/m1/s1. The summed E-state index contributed by atoms with van der Waals surface area (Å²) in [7, 11) is -9.91. The third-order valence-electron chi connectivity index (χ3n) is 18.2. The largest absolute Gasteiger partial charge is 0.472 e. The van der Waals surface area contributed by atoms with Crippen LogP contribution in [0.25, 0.3) is 0 Å². The van der Waals surface area contributed by atoms with Crippen molar-refractivity contribution in [1.82, 2.24) is 0 Å². The number of aliphatic hydroxyl groups is 1. The fourth-order valence-corrected chi connectivity index (χ4v) is 13.6. The van der Waals surface area contributed by atoms with Crippen molar-refractivity contribution in [3.63, 3.8) is 0 Å². The fraction of sp³-hybridized carbons (Fsp3) is 0.949. The Hall–Kier alpha value is -1.94. The van der Waals surface area contributed by atoms with Crippen LogP contribution in [0, 0.1) is 11.8 Å². The smallest absolute Gasteiger partial charge is 0.462 e. The van der Waals surface area contributed by atoms with Crippen LogP contribution < -0.4 is 0 Å². The molecule has 17 nitrogen and oxygen atoms in total. The Morgan fingerprint density at radius 1 is 0.278 bits per heavy atom. The lowest BCUT2D eigenvalue weighted by Crippen LogP contribution is -2.30. The number of carbonyl (C=O) groups excluding carboxylic acids is 4. The number of hydrogen-bond acceptors (Lipinski definition) is 15. The van der Waals surface area contributed by atoms with Gasteiger partial charge in [-0.3, -0.25) is 37.3 Å². The topological polar surface area (TPSA) is 237 Å². The summed E-state index contributed by atoms with van der Waals surface area (Å²) in [5, 5.41) is 10.6. The maximum Gasteiger partial charge on any atom is 0.472 e. The highest BCUT2D eigenvalue weighted by atomic mass is 31.2. The molecule has 0 aromatic heterocycles. The monoisotopic (exact) mass is 1420 g/mol. The zero-order chi connectivity index (χ0) is 71.4. The lowest BCUT2D eigenvalue weighted by atomic mass is 10.0.